The third kappa shape index (κ3) is 1.96. The van der Waals surface area contributed by atoms with Crippen molar-refractivity contribution in [3.63, 3.8) is 0 Å². The lowest BCUT2D eigenvalue weighted by Gasteiger charge is -2.24. The highest BCUT2D eigenvalue weighted by atomic mass is 32.1. The molecule has 0 aliphatic heterocycles. The largest absolute Gasteiger partial charge is 0.329 e. The normalized spacial score (nSPS) is 12.3. The molecule has 4 rings (SSSR count). The average molecular weight is 323 g/mol. The van der Waals surface area contributed by atoms with Gasteiger partial charge in [0, 0.05) is 7.05 Å². The number of benzene rings is 2. The number of hydrogen-bond acceptors (Lipinski definition) is 3. The molecule has 0 radical (unpaired) electrons. The zero-order valence-electron chi connectivity index (χ0n) is 13.3. The predicted octanol–water partition coefficient (Wildman–Crippen LogP) is 3.73. The minimum absolute atomic E-state index is 0.0441. The molecular weight excluding hydrogens is 306 g/mol. The lowest BCUT2D eigenvalue weighted by Crippen LogP contribution is -2.35. The van der Waals surface area contributed by atoms with Crippen molar-refractivity contribution < 1.29 is 0 Å². The van der Waals surface area contributed by atoms with Crippen LogP contribution in [0.25, 0.3) is 21.1 Å². The Hall–Kier alpha value is -2.40. The summed E-state index contributed by atoms with van der Waals surface area (Å²) in [7, 11) is 2.00. The Labute approximate surface area is 137 Å². The minimum Gasteiger partial charge on any atom is -0.329 e. The number of aromatic nitrogens is 3. The number of para-hydroxylation sites is 2. The highest BCUT2D eigenvalue weighted by Gasteiger charge is 2.31. The fraction of sp³-hybridized carbons (Fsp3) is 0.222. The van der Waals surface area contributed by atoms with Crippen LogP contribution in [0.2, 0.25) is 0 Å². The van der Waals surface area contributed by atoms with E-state index in [1.165, 1.54) is 11.5 Å². The van der Waals surface area contributed by atoms with Gasteiger partial charge in [0.1, 0.15) is 11.4 Å². The zero-order valence-corrected chi connectivity index (χ0v) is 14.1. The molecule has 4 nitrogen and oxygen atoms in total. The Morgan fingerprint density at radius 2 is 1.74 bits per heavy atom. The van der Waals surface area contributed by atoms with Gasteiger partial charge in [-0.2, -0.15) is 0 Å². The molecule has 4 aromatic rings. The first kappa shape index (κ1) is 14.2. The molecule has 2 aromatic heterocycles. The van der Waals surface area contributed by atoms with Gasteiger partial charge in [-0.3, -0.25) is 4.79 Å². The molecule has 0 aliphatic rings. The smallest absolute Gasteiger partial charge is 0.269 e. The lowest BCUT2D eigenvalue weighted by atomic mass is 10.1. The Morgan fingerprint density at radius 1 is 1.04 bits per heavy atom. The highest BCUT2D eigenvalue weighted by molar-refractivity contribution is 7.13. The van der Waals surface area contributed by atoms with E-state index in [9.17, 15) is 4.79 Å². The molecule has 0 N–H and O–H groups in total. The van der Waals surface area contributed by atoms with Crippen LogP contribution in [0.1, 0.15) is 19.7 Å². The minimum atomic E-state index is -0.519. The van der Waals surface area contributed by atoms with Crippen LogP contribution in [-0.2, 0) is 12.6 Å². The summed E-state index contributed by atoms with van der Waals surface area (Å²) in [6.07, 6.45) is 0. The summed E-state index contributed by atoms with van der Waals surface area (Å²) < 4.78 is 4.91. The molecule has 0 bridgehead atoms. The van der Waals surface area contributed by atoms with Crippen molar-refractivity contribution in [1.29, 1.82) is 0 Å². The monoisotopic (exact) mass is 323 g/mol. The maximum atomic E-state index is 12.8. The van der Waals surface area contributed by atoms with E-state index in [2.05, 4.69) is 10.6 Å². The van der Waals surface area contributed by atoms with Crippen molar-refractivity contribution in [2.75, 3.05) is 0 Å². The predicted molar refractivity (Wildman–Crippen MR) is 95.2 cm³/mol. The van der Waals surface area contributed by atoms with Crippen molar-refractivity contribution >= 4 is 32.7 Å². The van der Waals surface area contributed by atoms with E-state index in [0.717, 1.165) is 26.9 Å². The van der Waals surface area contributed by atoms with Gasteiger partial charge in [-0.1, -0.05) is 35.8 Å². The standard InChI is InChI=1S/C18H17N3OS/c1-18(2,17-19-13-9-5-6-10-14(13)20(17)3)21-16(22)12-8-4-7-11-15(12)23-21/h4-11H,1-3H3. The third-order valence-corrected chi connectivity index (χ3v) is 5.69. The SMILES string of the molecule is Cn1c(C(C)(C)n2sc3ccccc3c2=O)nc2ccccc21. The highest BCUT2D eigenvalue weighted by Crippen LogP contribution is 2.30. The summed E-state index contributed by atoms with van der Waals surface area (Å²) in [6.45, 7) is 4.09. The Kier molecular flexibility index (Phi) is 2.96. The number of fused-ring (bicyclic) bond motifs is 2. The van der Waals surface area contributed by atoms with Crippen LogP contribution in [-0.4, -0.2) is 13.5 Å². The second kappa shape index (κ2) is 4.80. The van der Waals surface area contributed by atoms with Gasteiger partial charge >= 0.3 is 0 Å². The molecule has 0 spiro atoms. The molecule has 2 aromatic carbocycles. The fourth-order valence-electron chi connectivity index (χ4n) is 3.12. The number of hydrogen-bond donors (Lipinski definition) is 0. The fourth-order valence-corrected chi connectivity index (χ4v) is 4.20. The maximum absolute atomic E-state index is 12.8. The quantitative estimate of drug-likeness (QED) is 0.564. The third-order valence-electron chi connectivity index (χ3n) is 4.33. The van der Waals surface area contributed by atoms with E-state index in [4.69, 9.17) is 4.98 Å². The molecule has 116 valence electrons. The zero-order chi connectivity index (χ0) is 16.2. The van der Waals surface area contributed by atoms with Gasteiger partial charge in [-0.25, -0.2) is 8.94 Å². The molecule has 0 fully saturated rings. The summed E-state index contributed by atoms with van der Waals surface area (Å²) in [4.78, 5) is 17.6. The van der Waals surface area contributed by atoms with E-state index < -0.39 is 5.54 Å². The second-order valence-electron chi connectivity index (χ2n) is 6.23. The van der Waals surface area contributed by atoms with Crippen LogP contribution in [0.5, 0.6) is 0 Å². The van der Waals surface area contributed by atoms with Gasteiger partial charge in [0.15, 0.2) is 0 Å². The molecule has 0 aliphatic carbocycles. The molecule has 0 amide bonds. The van der Waals surface area contributed by atoms with Gasteiger partial charge in [0.05, 0.1) is 21.1 Å². The molecular formula is C18H17N3OS. The van der Waals surface area contributed by atoms with Gasteiger partial charge < -0.3 is 4.57 Å². The number of imidazole rings is 1. The number of rotatable bonds is 2. The van der Waals surface area contributed by atoms with E-state index in [1.807, 2.05) is 67.3 Å². The summed E-state index contributed by atoms with van der Waals surface area (Å²) >= 11 is 1.50. The van der Waals surface area contributed by atoms with E-state index >= 15 is 0 Å². The molecule has 23 heavy (non-hydrogen) atoms. The van der Waals surface area contributed by atoms with Gasteiger partial charge in [0.25, 0.3) is 5.56 Å². The topological polar surface area (TPSA) is 39.8 Å². The van der Waals surface area contributed by atoms with E-state index in [0.29, 0.717) is 0 Å². The van der Waals surface area contributed by atoms with Crippen molar-refractivity contribution in [1.82, 2.24) is 13.5 Å². The van der Waals surface area contributed by atoms with Crippen LogP contribution in [0, 0.1) is 0 Å². The molecule has 2 heterocycles. The Bertz CT molecular complexity index is 1080. The van der Waals surface area contributed by atoms with Crippen molar-refractivity contribution in [2.45, 2.75) is 19.4 Å². The molecule has 0 saturated carbocycles. The van der Waals surface area contributed by atoms with E-state index in [-0.39, 0.29) is 5.56 Å². The van der Waals surface area contributed by atoms with Crippen LogP contribution >= 0.6 is 11.5 Å². The first-order valence-electron chi connectivity index (χ1n) is 7.53. The first-order chi connectivity index (χ1) is 11.0. The maximum Gasteiger partial charge on any atom is 0.269 e. The summed E-state index contributed by atoms with van der Waals surface area (Å²) in [5, 5.41) is 0.768. The molecule has 0 saturated heterocycles. The van der Waals surface area contributed by atoms with Gasteiger partial charge in [0.2, 0.25) is 0 Å². The Balaban J connectivity index is 1.99. The average Bonchev–Trinajstić information content (AvgIpc) is 3.07. The van der Waals surface area contributed by atoms with E-state index in [1.54, 1.807) is 0 Å². The van der Waals surface area contributed by atoms with Crippen molar-refractivity contribution in [3.8, 4) is 0 Å². The van der Waals surface area contributed by atoms with Crippen LogP contribution in [0.4, 0.5) is 0 Å². The summed E-state index contributed by atoms with van der Waals surface area (Å²) in [5.74, 6) is 0.882. The summed E-state index contributed by atoms with van der Waals surface area (Å²) in [6, 6.07) is 15.8. The molecule has 5 heteroatoms. The second-order valence-corrected chi connectivity index (χ2v) is 7.22. The van der Waals surface area contributed by atoms with Crippen molar-refractivity contribution in [3.05, 3.63) is 64.7 Å². The first-order valence-corrected chi connectivity index (χ1v) is 8.31. The number of nitrogens with zero attached hydrogens (tertiary/aromatic N) is 3. The summed E-state index contributed by atoms with van der Waals surface area (Å²) in [5.41, 5.74) is 1.55. The van der Waals surface area contributed by atoms with Crippen LogP contribution in [0.3, 0.4) is 0 Å². The number of aryl methyl sites for hydroxylation is 1. The molecule has 0 unspecified atom stereocenters. The lowest BCUT2D eigenvalue weighted by molar-refractivity contribution is 0.421. The van der Waals surface area contributed by atoms with Crippen LogP contribution in [0.15, 0.2) is 53.3 Å². The van der Waals surface area contributed by atoms with Gasteiger partial charge in [-0.05, 0) is 38.1 Å². The van der Waals surface area contributed by atoms with Crippen LogP contribution < -0.4 is 5.56 Å². The van der Waals surface area contributed by atoms with Gasteiger partial charge in [-0.15, -0.1) is 0 Å². The van der Waals surface area contributed by atoms with Crippen molar-refractivity contribution in [2.24, 2.45) is 7.05 Å². The Morgan fingerprint density at radius 3 is 2.48 bits per heavy atom. The molecule has 0 atom stereocenters.